The normalized spacial score (nSPS) is 24.3. The lowest BCUT2D eigenvalue weighted by Gasteiger charge is -2.27. The number of carbonyl (C=O) groups is 1. The van der Waals surface area contributed by atoms with Crippen molar-refractivity contribution in [1.82, 2.24) is 14.7 Å². The lowest BCUT2D eigenvalue weighted by Crippen LogP contribution is -2.43. The number of ether oxygens (including phenoxy) is 2. The SMILES string of the molecule is COC[C@]12CN(C(=O)Nc3c(-c4ccccc4)c(C)nn3C)C[C@H]1CCO2. The number of urea groups is 1. The molecule has 1 N–H and O–H groups in total. The third-order valence-corrected chi connectivity index (χ3v) is 5.69. The molecule has 1 aromatic carbocycles. The number of rotatable bonds is 4. The molecule has 144 valence electrons. The monoisotopic (exact) mass is 370 g/mol. The lowest BCUT2D eigenvalue weighted by molar-refractivity contribution is -0.0563. The zero-order valence-electron chi connectivity index (χ0n) is 16.1. The van der Waals surface area contributed by atoms with Crippen molar-refractivity contribution in [2.45, 2.75) is 18.9 Å². The van der Waals surface area contributed by atoms with Gasteiger partial charge in [-0.3, -0.25) is 10.00 Å². The first-order valence-corrected chi connectivity index (χ1v) is 9.32. The largest absolute Gasteiger partial charge is 0.382 e. The van der Waals surface area contributed by atoms with Crippen molar-refractivity contribution in [2.75, 3.05) is 38.7 Å². The number of aryl methyl sites for hydroxylation is 2. The van der Waals surface area contributed by atoms with E-state index < -0.39 is 0 Å². The molecule has 0 radical (unpaired) electrons. The molecule has 27 heavy (non-hydrogen) atoms. The van der Waals surface area contributed by atoms with E-state index in [1.165, 1.54) is 0 Å². The van der Waals surface area contributed by atoms with Crippen LogP contribution in [0.2, 0.25) is 0 Å². The van der Waals surface area contributed by atoms with Crippen LogP contribution in [0.1, 0.15) is 12.1 Å². The van der Waals surface area contributed by atoms with Crippen LogP contribution >= 0.6 is 0 Å². The summed E-state index contributed by atoms with van der Waals surface area (Å²) in [5.41, 5.74) is 2.51. The first-order valence-electron chi connectivity index (χ1n) is 9.32. The van der Waals surface area contributed by atoms with Gasteiger partial charge in [0.1, 0.15) is 11.4 Å². The molecular weight excluding hydrogens is 344 g/mol. The van der Waals surface area contributed by atoms with Crippen molar-refractivity contribution < 1.29 is 14.3 Å². The van der Waals surface area contributed by atoms with E-state index in [2.05, 4.69) is 10.4 Å². The molecule has 2 saturated heterocycles. The van der Waals surface area contributed by atoms with E-state index in [0.29, 0.717) is 31.4 Å². The number of hydrogen-bond donors (Lipinski definition) is 1. The van der Waals surface area contributed by atoms with Gasteiger partial charge in [-0.1, -0.05) is 30.3 Å². The van der Waals surface area contributed by atoms with Crippen LogP contribution in [-0.2, 0) is 16.5 Å². The summed E-state index contributed by atoms with van der Waals surface area (Å²) >= 11 is 0. The van der Waals surface area contributed by atoms with E-state index in [1.807, 2.05) is 49.2 Å². The number of nitrogens with zero attached hydrogens (tertiary/aromatic N) is 3. The van der Waals surface area contributed by atoms with Crippen LogP contribution in [0.4, 0.5) is 10.6 Å². The first kappa shape index (κ1) is 18.0. The molecule has 2 atom stereocenters. The van der Waals surface area contributed by atoms with Gasteiger partial charge in [-0.25, -0.2) is 4.79 Å². The van der Waals surface area contributed by atoms with Crippen LogP contribution in [0.15, 0.2) is 30.3 Å². The Morgan fingerprint density at radius 3 is 2.93 bits per heavy atom. The maximum absolute atomic E-state index is 13.0. The van der Waals surface area contributed by atoms with Gasteiger partial charge in [0.05, 0.1) is 18.8 Å². The molecule has 4 rings (SSSR count). The molecule has 3 heterocycles. The third-order valence-electron chi connectivity index (χ3n) is 5.69. The summed E-state index contributed by atoms with van der Waals surface area (Å²) in [4.78, 5) is 14.8. The highest BCUT2D eigenvalue weighted by Crippen LogP contribution is 2.39. The number of amides is 2. The Balaban J connectivity index is 1.56. The molecule has 1 aromatic heterocycles. The minimum Gasteiger partial charge on any atom is -0.382 e. The van der Waals surface area contributed by atoms with Crippen LogP contribution in [0, 0.1) is 12.8 Å². The molecule has 0 aliphatic carbocycles. The quantitative estimate of drug-likeness (QED) is 0.898. The summed E-state index contributed by atoms with van der Waals surface area (Å²) in [6.07, 6.45) is 0.965. The van der Waals surface area contributed by atoms with E-state index in [0.717, 1.165) is 29.8 Å². The molecule has 2 aliphatic rings. The van der Waals surface area contributed by atoms with E-state index in [9.17, 15) is 4.79 Å². The fourth-order valence-corrected chi connectivity index (χ4v) is 4.41. The van der Waals surface area contributed by atoms with Gasteiger partial charge >= 0.3 is 6.03 Å². The number of nitrogens with one attached hydrogen (secondary N) is 1. The van der Waals surface area contributed by atoms with Gasteiger partial charge in [-0.15, -0.1) is 0 Å². The maximum Gasteiger partial charge on any atom is 0.323 e. The van der Waals surface area contributed by atoms with Crippen LogP contribution in [0.3, 0.4) is 0 Å². The van der Waals surface area contributed by atoms with E-state index in [1.54, 1.807) is 11.8 Å². The maximum atomic E-state index is 13.0. The van der Waals surface area contributed by atoms with Gasteiger partial charge in [0.15, 0.2) is 0 Å². The average Bonchev–Trinajstić information content (AvgIpc) is 3.27. The third kappa shape index (κ3) is 3.11. The van der Waals surface area contributed by atoms with Gasteiger partial charge < -0.3 is 14.4 Å². The number of carbonyl (C=O) groups excluding carboxylic acids is 1. The molecule has 0 spiro atoms. The molecule has 0 bridgehead atoms. The van der Waals surface area contributed by atoms with Gasteiger partial charge in [0.25, 0.3) is 0 Å². The molecule has 2 aliphatic heterocycles. The Morgan fingerprint density at radius 2 is 2.19 bits per heavy atom. The lowest BCUT2D eigenvalue weighted by atomic mass is 9.92. The zero-order valence-corrected chi connectivity index (χ0v) is 16.1. The molecule has 2 aromatic rings. The molecule has 0 unspecified atom stereocenters. The Morgan fingerprint density at radius 1 is 1.41 bits per heavy atom. The second kappa shape index (κ2) is 6.98. The van der Waals surface area contributed by atoms with Gasteiger partial charge in [0, 0.05) is 38.8 Å². The summed E-state index contributed by atoms with van der Waals surface area (Å²) in [5, 5.41) is 7.59. The second-order valence-electron chi connectivity index (χ2n) is 7.44. The van der Waals surface area contributed by atoms with Gasteiger partial charge in [-0.2, -0.15) is 5.10 Å². The molecule has 7 heteroatoms. The van der Waals surface area contributed by atoms with Crippen molar-refractivity contribution >= 4 is 11.8 Å². The highest BCUT2D eigenvalue weighted by molar-refractivity contribution is 5.94. The summed E-state index contributed by atoms with van der Waals surface area (Å²) in [6.45, 7) is 4.45. The van der Waals surface area contributed by atoms with Crippen molar-refractivity contribution in [3.63, 3.8) is 0 Å². The zero-order chi connectivity index (χ0) is 19.0. The van der Waals surface area contributed by atoms with Crippen molar-refractivity contribution in [2.24, 2.45) is 13.0 Å². The fourth-order valence-electron chi connectivity index (χ4n) is 4.41. The van der Waals surface area contributed by atoms with Gasteiger partial charge in [-0.05, 0) is 18.9 Å². The van der Waals surface area contributed by atoms with Crippen LogP contribution in [0.5, 0.6) is 0 Å². The number of fused-ring (bicyclic) bond motifs is 1. The summed E-state index contributed by atoms with van der Waals surface area (Å²) in [5.74, 6) is 1.03. The number of methoxy groups -OCH3 is 1. The van der Waals surface area contributed by atoms with Crippen molar-refractivity contribution in [3.8, 4) is 11.1 Å². The van der Waals surface area contributed by atoms with Crippen LogP contribution in [0.25, 0.3) is 11.1 Å². The number of benzene rings is 1. The smallest absolute Gasteiger partial charge is 0.323 e. The summed E-state index contributed by atoms with van der Waals surface area (Å²) in [6, 6.07) is 9.89. The number of hydrogen-bond acceptors (Lipinski definition) is 4. The number of aromatic nitrogens is 2. The standard InChI is InChI=1S/C20H26N4O3/c1-14-17(15-7-5-4-6-8-15)18(23(2)22-14)21-19(25)24-11-16-9-10-27-20(16,12-24)13-26-3/h4-8,16H,9-13H2,1-3H3,(H,21,25)/t16-,20-/m1/s1. The highest BCUT2D eigenvalue weighted by atomic mass is 16.5. The predicted octanol–water partition coefficient (Wildman–Crippen LogP) is 2.66. The molecule has 2 fully saturated rings. The minimum atomic E-state index is -0.364. The first-order chi connectivity index (χ1) is 13.0. The van der Waals surface area contributed by atoms with Crippen LogP contribution < -0.4 is 5.32 Å². The summed E-state index contributed by atoms with van der Waals surface area (Å²) in [7, 11) is 3.53. The summed E-state index contributed by atoms with van der Waals surface area (Å²) < 4.78 is 13.1. The van der Waals surface area contributed by atoms with E-state index >= 15 is 0 Å². The molecule has 7 nitrogen and oxygen atoms in total. The Kier molecular flexibility index (Phi) is 4.65. The predicted molar refractivity (Wildman–Crippen MR) is 103 cm³/mol. The minimum absolute atomic E-state index is 0.122. The molecular formula is C20H26N4O3. The van der Waals surface area contributed by atoms with Crippen molar-refractivity contribution in [3.05, 3.63) is 36.0 Å². The van der Waals surface area contributed by atoms with E-state index in [-0.39, 0.29) is 11.6 Å². The number of likely N-dealkylation sites (tertiary alicyclic amines) is 1. The number of anilines is 1. The molecule has 0 saturated carbocycles. The van der Waals surface area contributed by atoms with Crippen LogP contribution in [-0.4, -0.2) is 59.7 Å². The van der Waals surface area contributed by atoms with E-state index in [4.69, 9.17) is 9.47 Å². The Labute approximate surface area is 159 Å². The van der Waals surface area contributed by atoms with Crippen molar-refractivity contribution in [1.29, 1.82) is 0 Å². The fraction of sp³-hybridized carbons (Fsp3) is 0.500. The van der Waals surface area contributed by atoms with Gasteiger partial charge in [0.2, 0.25) is 0 Å². The average molecular weight is 370 g/mol. The Hall–Kier alpha value is -2.38. The second-order valence-corrected chi connectivity index (χ2v) is 7.44. The Bertz CT molecular complexity index is 835. The molecule has 2 amide bonds. The highest BCUT2D eigenvalue weighted by Gasteiger charge is 2.52. The topological polar surface area (TPSA) is 68.6 Å².